The van der Waals surface area contributed by atoms with E-state index in [9.17, 15) is 25.1 Å². The van der Waals surface area contributed by atoms with Gasteiger partial charge in [-0.3, -0.25) is 4.79 Å². The first-order valence-corrected chi connectivity index (χ1v) is 16.5. The minimum absolute atomic E-state index is 0.108. The van der Waals surface area contributed by atoms with Gasteiger partial charge in [0.15, 0.2) is 0 Å². The van der Waals surface area contributed by atoms with E-state index in [-0.39, 0.29) is 18.4 Å². The Morgan fingerprint density at radius 3 is 2.65 bits per heavy atom. The molecule has 0 bridgehead atoms. The lowest BCUT2D eigenvalue weighted by molar-refractivity contribution is -0.0572. The van der Waals surface area contributed by atoms with Crippen molar-refractivity contribution in [1.82, 2.24) is 15.1 Å². The van der Waals surface area contributed by atoms with Crippen LogP contribution in [0, 0.1) is 17.2 Å². The minimum atomic E-state index is -1.39. The van der Waals surface area contributed by atoms with Crippen LogP contribution in [0.15, 0.2) is 60.7 Å². The Hall–Kier alpha value is -3.90. The number of likely N-dealkylation sites (tertiary alicyclic amines) is 1. The van der Waals surface area contributed by atoms with Crippen LogP contribution in [0.3, 0.4) is 0 Å². The molecule has 1 unspecified atom stereocenters. The highest BCUT2D eigenvalue weighted by atomic mass is 35.5. The highest BCUT2D eigenvalue weighted by molar-refractivity contribution is 6.33. The summed E-state index contributed by atoms with van der Waals surface area (Å²) in [5, 5.41) is 35.3. The molecule has 1 aliphatic heterocycles. The number of carbonyl (C=O) groups excluding carboxylic acids is 1. The molecule has 3 N–H and O–H groups in total. The minimum Gasteiger partial charge on any atom is -0.465 e. The molecule has 244 valence electrons. The third kappa shape index (κ3) is 8.08. The van der Waals surface area contributed by atoms with E-state index in [0.717, 1.165) is 34.2 Å². The van der Waals surface area contributed by atoms with Crippen LogP contribution in [-0.2, 0) is 25.0 Å². The van der Waals surface area contributed by atoms with Crippen LogP contribution in [0.25, 0.3) is 11.1 Å². The number of hydrogen-bond donors (Lipinski definition) is 3. The van der Waals surface area contributed by atoms with Crippen molar-refractivity contribution < 1.29 is 19.8 Å². The summed E-state index contributed by atoms with van der Waals surface area (Å²) in [5.74, 6) is -0.429. The van der Waals surface area contributed by atoms with E-state index in [1.165, 1.54) is 11.9 Å². The van der Waals surface area contributed by atoms with E-state index in [1.807, 2.05) is 60.5 Å². The molecule has 1 heterocycles. The molecular weight excluding hydrogens is 600 g/mol. The van der Waals surface area contributed by atoms with Crippen molar-refractivity contribution in [3.8, 4) is 17.2 Å². The lowest BCUT2D eigenvalue weighted by Gasteiger charge is -2.44. The average molecular weight is 645 g/mol. The molecule has 0 aliphatic carbocycles. The number of piperidine rings is 1. The fourth-order valence-electron chi connectivity index (χ4n) is 6.65. The maximum atomic E-state index is 14.1. The molecule has 1 saturated heterocycles. The van der Waals surface area contributed by atoms with E-state index in [0.29, 0.717) is 74.3 Å². The second kappa shape index (κ2) is 16.1. The zero-order valence-electron chi connectivity index (χ0n) is 27.1. The lowest BCUT2D eigenvalue weighted by Crippen LogP contribution is -2.48. The van der Waals surface area contributed by atoms with Gasteiger partial charge in [0.2, 0.25) is 0 Å². The largest absolute Gasteiger partial charge is 0.465 e. The SMILES string of the molecule is CCc1cccc(-c2c(Cl)cccc2C(O)(CCCN(C)C(=O)O)[C@@H]2CCCN(C(=O)c3ccc(CNC)cc3CCC#N)C2)c1. The van der Waals surface area contributed by atoms with Crippen LogP contribution in [-0.4, -0.2) is 65.7 Å². The number of hydrogen-bond acceptors (Lipinski definition) is 5. The number of aliphatic hydroxyl groups is 1. The van der Waals surface area contributed by atoms with Gasteiger partial charge in [0.1, 0.15) is 0 Å². The van der Waals surface area contributed by atoms with Crippen molar-refractivity contribution in [2.45, 2.75) is 64.0 Å². The molecule has 0 saturated carbocycles. The highest BCUT2D eigenvalue weighted by Gasteiger charge is 2.43. The van der Waals surface area contributed by atoms with Gasteiger partial charge in [0.05, 0.1) is 11.7 Å². The summed E-state index contributed by atoms with van der Waals surface area (Å²) < 4.78 is 0. The number of carbonyl (C=O) groups is 2. The second-order valence-corrected chi connectivity index (χ2v) is 12.6. The fourth-order valence-corrected chi connectivity index (χ4v) is 6.94. The zero-order chi connectivity index (χ0) is 33.3. The molecule has 0 spiro atoms. The van der Waals surface area contributed by atoms with Gasteiger partial charge in [0.25, 0.3) is 5.91 Å². The standard InChI is InChI=1S/C37H45ClN4O4/c1-4-26-10-5-11-29(22-26)34-32(14-6-15-33(34)38)37(46,18-9-20-41(3)36(44)45)30-13-8-21-42(25-30)35(43)31-17-16-27(24-40-2)23-28(31)12-7-19-39/h5-6,10-11,14-17,22-23,30,40,46H,4,7-9,12-13,18,20-21,24-25H2,1-3H3,(H,44,45)/t30-,37?/m1/s1. The molecule has 1 fully saturated rings. The molecule has 4 rings (SSSR count). The van der Waals surface area contributed by atoms with Gasteiger partial charge in [-0.15, -0.1) is 0 Å². The van der Waals surface area contributed by atoms with Crippen molar-refractivity contribution in [1.29, 1.82) is 5.26 Å². The number of carboxylic acid groups (broad SMARTS) is 1. The number of nitrogens with one attached hydrogen (secondary N) is 1. The van der Waals surface area contributed by atoms with E-state index in [4.69, 9.17) is 11.6 Å². The van der Waals surface area contributed by atoms with Crippen LogP contribution in [0.1, 0.15) is 71.6 Å². The Labute approximate surface area is 277 Å². The van der Waals surface area contributed by atoms with Gasteiger partial charge in [-0.25, -0.2) is 4.79 Å². The number of amides is 2. The molecular formula is C37H45ClN4O4. The first kappa shape index (κ1) is 35.0. The van der Waals surface area contributed by atoms with Crippen LogP contribution in [0.4, 0.5) is 4.79 Å². The number of aryl methyl sites for hydroxylation is 2. The third-order valence-electron chi connectivity index (χ3n) is 9.15. The molecule has 9 heteroatoms. The third-order valence-corrected chi connectivity index (χ3v) is 9.47. The van der Waals surface area contributed by atoms with Crippen LogP contribution < -0.4 is 5.32 Å². The summed E-state index contributed by atoms with van der Waals surface area (Å²) in [6, 6.07) is 21.7. The summed E-state index contributed by atoms with van der Waals surface area (Å²) in [5.41, 5.74) is 4.60. The molecule has 8 nitrogen and oxygen atoms in total. The van der Waals surface area contributed by atoms with Crippen molar-refractivity contribution in [3.63, 3.8) is 0 Å². The summed E-state index contributed by atoms with van der Waals surface area (Å²) in [6.07, 6.45) is 2.75. The normalized spacial score (nSPS) is 16.0. The highest BCUT2D eigenvalue weighted by Crippen LogP contribution is 2.46. The van der Waals surface area contributed by atoms with Gasteiger partial charge >= 0.3 is 6.09 Å². The maximum Gasteiger partial charge on any atom is 0.407 e. The van der Waals surface area contributed by atoms with E-state index in [1.54, 1.807) is 0 Å². The molecule has 0 radical (unpaired) electrons. The fraction of sp³-hybridized carbons (Fsp3) is 0.432. The summed E-state index contributed by atoms with van der Waals surface area (Å²) >= 11 is 6.89. The molecule has 2 atom stereocenters. The molecule has 46 heavy (non-hydrogen) atoms. The zero-order valence-corrected chi connectivity index (χ0v) is 27.8. The Balaban J connectivity index is 1.74. The Morgan fingerprint density at radius 2 is 1.93 bits per heavy atom. The molecule has 0 aromatic heterocycles. The van der Waals surface area contributed by atoms with Crippen LogP contribution >= 0.6 is 11.6 Å². The van der Waals surface area contributed by atoms with Crippen molar-refractivity contribution in [2.24, 2.45) is 5.92 Å². The second-order valence-electron chi connectivity index (χ2n) is 12.2. The lowest BCUT2D eigenvalue weighted by atomic mass is 9.72. The molecule has 1 aliphatic rings. The van der Waals surface area contributed by atoms with Crippen LogP contribution in [0.2, 0.25) is 5.02 Å². The summed E-state index contributed by atoms with van der Waals surface area (Å²) in [6.45, 7) is 3.91. The van der Waals surface area contributed by atoms with Crippen LogP contribution in [0.5, 0.6) is 0 Å². The van der Waals surface area contributed by atoms with Gasteiger partial charge in [-0.05, 0) is 85.5 Å². The first-order valence-electron chi connectivity index (χ1n) is 16.1. The Kier molecular flexibility index (Phi) is 12.2. The first-order chi connectivity index (χ1) is 22.1. The Bertz CT molecular complexity index is 1570. The monoisotopic (exact) mass is 644 g/mol. The maximum absolute atomic E-state index is 14.1. The number of halogens is 1. The molecule has 3 aromatic carbocycles. The van der Waals surface area contributed by atoms with E-state index < -0.39 is 11.7 Å². The van der Waals surface area contributed by atoms with E-state index >= 15 is 0 Å². The number of rotatable bonds is 13. The topological polar surface area (TPSA) is 117 Å². The smallest absolute Gasteiger partial charge is 0.407 e. The predicted molar refractivity (Wildman–Crippen MR) is 182 cm³/mol. The predicted octanol–water partition coefficient (Wildman–Crippen LogP) is 6.87. The van der Waals surface area contributed by atoms with Crippen molar-refractivity contribution in [2.75, 3.05) is 33.7 Å². The quantitative estimate of drug-likeness (QED) is 0.187. The summed E-state index contributed by atoms with van der Waals surface area (Å²) in [7, 11) is 3.39. The number of nitriles is 1. The summed E-state index contributed by atoms with van der Waals surface area (Å²) in [4.78, 5) is 28.7. The van der Waals surface area contributed by atoms with Gasteiger partial charge in [-0.2, -0.15) is 5.26 Å². The van der Waals surface area contributed by atoms with Gasteiger partial charge in [-0.1, -0.05) is 67.1 Å². The number of benzene rings is 3. The van der Waals surface area contributed by atoms with Crippen molar-refractivity contribution >= 4 is 23.6 Å². The average Bonchev–Trinajstić information content (AvgIpc) is 3.07. The molecule has 2 amide bonds. The van der Waals surface area contributed by atoms with Crippen molar-refractivity contribution in [3.05, 3.63) is 93.5 Å². The molecule has 3 aromatic rings. The number of nitrogens with zero attached hydrogens (tertiary/aromatic N) is 3. The van der Waals surface area contributed by atoms with Gasteiger partial charge in [0, 0.05) is 61.7 Å². The van der Waals surface area contributed by atoms with Gasteiger partial charge < -0.3 is 25.3 Å². The van der Waals surface area contributed by atoms with E-state index in [2.05, 4.69) is 30.4 Å². The Morgan fingerprint density at radius 1 is 1.15 bits per heavy atom.